The van der Waals surface area contributed by atoms with Gasteiger partial charge in [0, 0.05) is 39.8 Å². The Morgan fingerprint density at radius 1 is 1.36 bits per heavy atom. The number of halogens is 1. The maximum atomic E-state index is 14.2. The van der Waals surface area contributed by atoms with Crippen molar-refractivity contribution in [2.45, 2.75) is 6.54 Å². The van der Waals surface area contributed by atoms with Gasteiger partial charge in [0.25, 0.3) is 0 Å². The van der Waals surface area contributed by atoms with Gasteiger partial charge in [-0.3, -0.25) is 0 Å². The van der Waals surface area contributed by atoms with Gasteiger partial charge < -0.3 is 15.0 Å². The fourth-order valence-electron chi connectivity index (χ4n) is 2.28. The van der Waals surface area contributed by atoms with Crippen molar-refractivity contribution in [3.05, 3.63) is 29.6 Å². The maximum Gasteiger partial charge on any atom is 0.214 e. The molecule has 1 aliphatic heterocycles. The Balaban J connectivity index is 1.97. The minimum atomic E-state index is -3.40. The summed E-state index contributed by atoms with van der Waals surface area (Å²) in [6, 6.07) is 4.84. The second-order valence-corrected chi connectivity index (χ2v) is 7.08. The van der Waals surface area contributed by atoms with Crippen molar-refractivity contribution < 1.29 is 17.5 Å². The van der Waals surface area contributed by atoms with Gasteiger partial charge in [0.1, 0.15) is 5.82 Å². The molecule has 0 amide bonds. The minimum Gasteiger partial charge on any atom is -0.384 e. The molecule has 1 aromatic rings. The lowest BCUT2D eigenvalue weighted by molar-refractivity contribution is 0.217. The molecule has 1 heterocycles. The van der Waals surface area contributed by atoms with E-state index in [2.05, 4.69) is 10.0 Å². The zero-order valence-electron chi connectivity index (χ0n) is 12.6. The number of methoxy groups -OCH3 is 1. The van der Waals surface area contributed by atoms with Crippen LogP contribution in [0.3, 0.4) is 0 Å². The van der Waals surface area contributed by atoms with Crippen LogP contribution < -0.4 is 14.9 Å². The van der Waals surface area contributed by atoms with Gasteiger partial charge in [-0.2, -0.15) is 0 Å². The van der Waals surface area contributed by atoms with Crippen LogP contribution in [0, 0.1) is 5.82 Å². The molecule has 2 N–H and O–H groups in total. The first-order chi connectivity index (χ1) is 10.5. The van der Waals surface area contributed by atoms with Crippen molar-refractivity contribution in [2.75, 3.05) is 50.5 Å². The van der Waals surface area contributed by atoms with Gasteiger partial charge in [-0.1, -0.05) is 6.07 Å². The molecule has 1 aliphatic rings. The summed E-state index contributed by atoms with van der Waals surface area (Å²) in [6.45, 7) is 3.40. The fourth-order valence-corrected chi connectivity index (χ4v) is 3.20. The maximum absolute atomic E-state index is 14.2. The molecular weight excluding hydrogens is 309 g/mol. The van der Waals surface area contributed by atoms with E-state index in [1.54, 1.807) is 12.1 Å². The van der Waals surface area contributed by atoms with Crippen LogP contribution in [-0.4, -0.2) is 54.1 Å². The van der Waals surface area contributed by atoms with Crippen LogP contribution in [0.1, 0.15) is 5.56 Å². The van der Waals surface area contributed by atoms with Crippen LogP contribution in [0.25, 0.3) is 0 Å². The number of hydrogen-bond donors (Lipinski definition) is 2. The van der Waals surface area contributed by atoms with E-state index in [1.165, 1.54) is 13.2 Å². The first-order valence-corrected chi connectivity index (χ1v) is 8.87. The Kier molecular flexibility index (Phi) is 6.13. The molecule has 6 nitrogen and oxygen atoms in total. The number of rotatable bonds is 7. The Hall–Kier alpha value is -1.22. The number of benzene rings is 1. The van der Waals surface area contributed by atoms with Crippen molar-refractivity contribution in [2.24, 2.45) is 0 Å². The molecular formula is C14H22FN3O3S. The molecule has 8 heteroatoms. The summed E-state index contributed by atoms with van der Waals surface area (Å²) in [5.41, 5.74) is 1.16. The molecule has 0 unspecified atom stereocenters. The number of nitrogens with zero attached hydrogens (tertiary/aromatic N) is 1. The summed E-state index contributed by atoms with van der Waals surface area (Å²) in [6.07, 6.45) is 0. The molecule has 0 spiro atoms. The molecule has 1 saturated heterocycles. The standard InChI is InChI=1S/C14H22FN3O3S/c1-21-8-9-22(19,20)17-11-12-2-3-14(13(15)10-12)18-6-4-16-5-7-18/h2-3,10,16-17H,4-9,11H2,1H3. The molecule has 124 valence electrons. The number of ether oxygens (including phenoxy) is 1. The quantitative estimate of drug-likeness (QED) is 0.752. The van der Waals surface area contributed by atoms with Gasteiger partial charge in [-0.05, 0) is 17.7 Å². The van der Waals surface area contributed by atoms with E-state index in [4.69, 9.17) is 4.74 Å². The third kappa shape index (κ3) is 4.91. The van der Waals surface area contributed by atoms with Crippen LogP contribution in [0.5, 0.6) is 0 Å². The Morgan fingerprint density at radius 2 is 2.09 bits per heavy atom. The van der Waals surface area contributed by atoms with Crippen molar-refractivity contribution >= 4 is 15.7 Å². The zero-order chi connectivity index (χ0) is 16.0. The number of nitrogens with one attached hydrogen (secondary N) is 2. The van der Waals surface area contributed by atoms with Crippen LogP contribution in [0.2, 0.25) is 0 Å². The molecule has 0 atom stereocenters. The van der Waals surface area contributed by atoms with Crippen molar-refractivity contribution in [3.8, 4) is 0 Å². The Bertz CT molecular complexity index is 589. The zero-order valence-corrected chi connectivity index (χ0v) is 13.5. The monoisotopic (exact) mass is 331 g/mol. The highest BCUT2D eigenvalue weighted by atomic mass is 32.2. The van der Waals surface area contributed by atoms with Crippen LogP contribution in [0.4, 0.5) is 10.1 Å². The molecule has 22 heavy (non-hydrogen) atoms. The van der Waals surface area contributed by atoms with Crippen LogP contribution in [-0.2, 0) is 21.3 Å². The van der Waals surface area contributed by atoms with Gasteiger partial charge in [0.2, 0.25) is 10.0 Å². The molecule has 0 aromatic heterocycles. The van der Waals surface area contributed by atoms with Crippen LogP contribution >= 0.6 is 0 Å². The van der Waals surface area contributed by atoms with Gasteiger partial charge in [-0.15, -0.1) is 0 Å². The summed E-state index contributed by atoms with van der Waals surface area (Å²) < 4.78 is 44.7. The van der Waals surface area contributed by atoms with Gasteiger partial charge in [0.05, 0.1) is 18.0 Å². The van der Waals surface area contributed by atoms with Crippen molar-refractivity contribution in [3.63, 3.8) is 0 Å². The molecule has 2 rings (SSSR count). The van der Waals surface area contributed by atoms with Gasteiger partial charge in [-0.25, -0.2) is 17.5 Å². The van der Waals surface area contributed by atoms with E-state index < -0.39 is 10.0 Å². The third-order valence-electron chi connectivity index (χ3n) is 3.52. The summed E-state index contributed by atoms with van der Waals surface area (Å²) in [5.74, 6) is -0.430. The lowest BCUT2D eigenvalue weighted by atomic mass is 10.1. The molecule has 0 aliphatic carbocycles. The SMILES string of the molecule is COCCS(=O)(=O)NCc1ccc(N2CCNCC2)c(F)c1. The third-order valence-corrected chi connectivity index (χ3v) is 4.81. The topological polar surface area (TPSA) is 70.7 Å². The largest absolute Gasteiger partial charge is 0.384 e. The first kappa shape index (κ1) is 17.1. The van der Waals surface area contributed by atoms with E-state index in [0.717, 1.165) is 26.2 Å². The molecule has 0 radical (unpaired) electrons. The smallest absolute Gasteiger partial charge is 0.214 e. The van der Waals surface area contributed by atoms with Gasteiger partial charge >= 0.3 is 0 Å². The van der Waals surface area contributed by atoms with Gasteiger partial charge in [0.15, 0.2) is 0 Å². The summed E-state index contributed by atoms with van der Waals surface area (Å²) in [5, 5.41) is 3.22. The van der Waals surface area contributed by atoms with Crippen LogP contribution in [0.15, 0.2) is 18.2 Å². The predicted molar refractivity (Wildman–Crippen MR) is 84.0 cm³/mol. The fraction of sp³-hybridized carbons (Fsp3) is 0.571. The number of anilines is 1. The molecule has 0 bridgehead atoms. The average Bonchev–Trinajstić information content (AvgIpc) is 2.52. The predicted octanol–water partition coefficient (Wildman–Crippen LogP) is 0.301. The van der Waals surface area contributed by atoms with E-state index >= 15 is 0 Å². The number of hydrogen-bond acceptors (Lipinski definition) is 5. The second-order valence-electron chi connectivity index (χ2n) is 5.16. The summed E-state index contributed by atoms with van der Waals surface area (Å²) >= 11 is 0. The number of sulfonamides is 1. The van der Waals surface area contributed by atoms with E-state index in [-0.39, 0.29) is 24.7 Å². The Morgan fingerprint density at radius 3 is 2.73 bits per heavy atom. The lowest BCUT2D eigenvalue weighted by Crippen LogP contribution is -2.43. The van der Waals surface area contributed by atoms with E-state index in [1.807, 2.05) is 4.90 Å². The normalized spacial score (nSPS) is 16.0. The highest BCUT2D eigenvalue weighted by Crippen LogP contribution is 2.21. The Labute approximate surface area is 130 Å². The van der Waals surface area contributed by atoms with Crippen molar-refractivity contribution in [1.29, 1.82) is 0 Å². The summed E-state index contributed by atoms with van der Waals surface area (Å²) in [7, 11) is -1.96. The summed E-state index contributed by atoms with van der Waals surface area (Å²) in [4.78, 5) is 1.98. The van der Waals surface area contributed by atoms with Crippen molar-refractivity contribution in [1.82, 2.24) is 10.0 Å². The van der Waals surface area contributed by atoms with E-state index in [0.29, 0.717) is 11.3 Å². The molecule has 1 fully saturated rings. The highest BCUT2D eigenvalue weighted by molar-refractivity contribution is 7.89. The molecule has 1 aromatic carbocycles. The van der Waals surface area contributed by atoms with E-state index in [9.17, 15) is 12.8 Å². The highest BCUT2D eigenvalue weighted by Gasteiger charge is 2.15. The molecule has 0 saturated carbocycles. The average molecular weight is 331 g/mol. The number of piperazine rings is 1. The minimum absolute atomic E-state index is 0.0742. The lowest BCUT2D eigenvalue weighted by Gasteiger charge is -2.29. The first-order valence-electron chi connectivity index (χ1n) is 7.22. The second kappa shape index (κ2) is 7.87.